The van der Waals surface area contributed by atoms with Crippen LogP contribution in [0.5, 0.6) is 0 Å². The van der Waals surface area contributed by atoms with Crippen molar-refractivity contribution in [2.75, 3.05) is 0 Å². The van der Waals surface area contributed by atoms with Crippen LogP contribution < -0.4 is 0 Å². The summed E-state index contributed by atoms with van der Waals surface area (Å²) in [6.07, 6.45) is 2.46. The van der Waals surface area contributed by atoms with Gasteiger partial charge in [-0.2, -0.15) is 0 Å². The number of hydrogen-bond donors (Lipinski definition) is 0. The highest BCUT2D eigenvalue weighted by atomic mass is 35.5. The Bertz CT molecular complexity index is 314. The zero-order valence-electron chi connectivity index (χ0n) is 6.90. The number of halogens is 2. The van der Waals surface area contributed by atoms with Gasteiger partial charge >= 0.3 is 0 Å². The van der Waals surface area contributed by atoms with E-state index in [2.05, 4.69) is 13.0 Å². The smallest absolute Gasteiger partial charge is 0.0629 e. The third-order valence-corrected chi connectivity index (χ3v) is 3.42. The van der Waals surface area contributed by atoms with Gasteiger partial charge in [0.25, 0.3) is 0 Å². The molecule has 0 N–H and O–H groups in total. The second-order valence-corrected chi connectivity index (χ2v) is 4.45. The first kappa shape index (κ1) is 8.40. The molecule has 1 aromatic rings. The van der Waals surface area contributed by atoms with Crippen LogP contribution >= 0.6 is 23.2 Å². The zero-order valence-corrected chi connectivity index (χ0v) is 8.41. The SMILES string of the molecule is CC1(c2cccc(Cl)c2Cl)CC1. The highest BCUT2D eigenvalue weighted by molar-refractivity contribution is 6.42. The molecule has 0 spiro atoms. The third-order valence-electron chi connectivity index (χ3n) is 2.60. The fraction of sp³-hybridized carbons (Fsp3) is 0.400. The lowest BCUT2D eigenvalue weighted by Gasteiger charge is -2.11. The van der Waals surface area contributed by atoms with Gasteiger partial charge in [-0.1, -0.05) is 42.3 Å². The number of rotatable bonds is 1. The lowest BCUT2D eigenvalue weighted by Crippen LogP contribution is -2.00. The predicted molar refractivity (Wildman–Crippen MR) is 53.0 cm³/mol. The van der Waals surface area contributed by atoms with E-state index in [0.29, 0.717) is 10.4 Å². The lowest BCUT2D eigenvalue weighted by molar-refractivity contribution is 0.788. The van der Waals surface area contributed by atoms with E-state index in [1.807, 2.05) is 12.1 Å². The average Bonchev–Trinajstić information content (AvgIpc) is 2.75. The van der Waals surface area contributed by atoms with E-state index in [1.165, 1.54) is 18.4 Å². The molecule has 1 aliphatic carbocycles. The number of benzene rings is 1. The van der Waals surface area contributed by atoms with Gasteiger partial charge in [0.2, 0.25) is 0 Å². The van der Waals surface area contributed by atoms with E-state index < -0.39 is 0 Å². The van der Waals surface area contributed by atoms with Gasteiger partial charge in [-0.15, -0.1) is 0 Å². The topological polar surface area (TPSA) is 0 Å². The van der Waals surface area contributed by atoms with Crippen LogP contribution in [0.3, 0.4) is 0 Å². The predicted octanol–water partition coefficient (Wildman–Crippen LogP) is 4.04. The molecule has 0 nitrogen and oxygen atoms in total. The summed E-state index contributed by atoms with van der Waals surface area (Å²) in [5.41, 5.74) is 1.51. The molecular weight excluding hydrogens is 191 g/mol. The lowest BCUT2D eigenvalue weighted by atomic mass is 9.99. The van der Waals surface area contributed by atoms with Crippen molar-refractivity contribution in [3.63, 3.8) is 0 Å². The molecule has 0 bridgehead atoms. The van der Waals surface area contributed by atoms with E-state index in [1.54, 1.807) is 0 Å². The molecule has 0 aromatic heterocycles. The fourth-order valence-corrected chi connectivity index (χ4v) is 1.96. The standard InChI is InChI=1S/C10H10Cl2/c1-10(5-6-10)7-3-2-4-8(11)9(7)12/h2-4H,5-6H2,1H3. The normalized spacial score (nSPS) is 19.2. The van der Waals surface area contributed by atoms with Crippen molar-refractivity contribution in [1.82, 2.24) is 0 Å². The maximum atomic E-state index is 6.09. The van der Waals surface area contributed by atoms with Gasteiger partial charge in [-0.05, 0) is 29.9 Å². The highest BCUT2D eigenvalue weighted by Crippen LogP contribution is 2.50. The molecule has 1 fully saturated rings. The van der Waals surface area contributed by atoms with E-state index >= 15 is 0 Å². The number of hydrogen-bond acceptors (Lipinski definition) is 0. The first-order valence-electron chi connectivity index (χ1n) is 4.08. The van der Waals surface area contributed by atoms with Gasteiger partial charge in [0.1, 0.15) is 0 Å². The van der Waals surface area contributed by atoms with Crippen molar-refractivity contribution in [1.29, 1.82) is 0 Å². The van der Waals surface area contributed by atoms with Gasteiger partial charge in [0.15, 0.2) is 0 Å². The summed E-state index contributed by atoms with van der Waals surface area (Å²) < 4.78 is 0. The Morgan fingerprint density at radius 2 is 1.92 bits per heavy atom. The first-order valence-corrected chi connectivity index (χ1v) is 4.84. The molecule has 64 valence electrons. The first-order chi connectivity index (χ1) is 5.63. The maximum absolute atomic E-state index is 6.09. The third kappa shape index (κ3) is 1.23. The Balaban J connectivity index is 2.51. The molecule has 1 aromatic carbocycles. The molecule has 2 heteroatoms. The van der Waals surface area contributed by atoms with Gasteiger partial charge in [-0.3, -0.25) is 0 Å². The van der Waals surface area contributed by atoms with Crippen molar-refractivity contribution >= 4 is 23.2 Å². The van der Waals surface area contributed by atoms with Crippen LogP contribution in [0.4, 0.5) is 0 Å². The van der Waals surface area contributed by atoms with Crippen LogP contribution in [0, 0.1) is 0 Å². The highest BCUT2D eigenvalue weighted by Gasteiger charge is 2.40. The minimum absolute atomic E-state index is 0.308. The Hall–Kier alpha value is -0.200. The zero-order chi connectivity index (χ0) is 8.77. The summed E-state index contributed by atoms with van der Waals surface area (Å²) in [5, 5.41) is 1.40. The monoisotopic (exact) mass is 200 g/mol. The summed E-state index contributed by atoms with van der Waals surface area (Å²) in [4.78, 5) is 0. The van der Waals surface area contributed by atoms with Crippen LogP contribution in [0.2, 0.25) is 10.0 Å². The summed E-state index contributed by atoms with van der Waals surface area (Å²) in [6, 6.07) is 5.87. The van der Waals surface area contributed by atoms with E-state index in [9.17, 15) is 0 Å². The molecule has 1 saturated carbocycles. The van der Waals surface area contributed by atoms with Crippen molar-refractivity contribution in [3.05, 3.63) is 33.8 Å². The van der Waals surface area contributed by atoms with Crippen LogP contribution in [-0.2, 0) is 5.41 Å². The molecule has 12 heavy (non-hydrogen) atoms. The Labute approximate surface area is 82.5 Å². The van der Waals surface area contributed by atoms with Crippen LogP contribution in [0.15, 0.2) is 18.2 Å². The second kappa shape index (κ2) is 2.65. The van der Waals surface area contributed by atoms with Gasteiger partial charge < -0.3 is 0 Å². The molecule has 0 heterocycles. The molecule has 0 radical (unpaired) electrons. The Morgan fingerprint density at radius 3 is 2.50 bits per heavy atom. The summed E-state index contributed by atoms with van der Waals surface area (Å²) in [6.45, 7) is 2.23. The Morgan fingerprint density at radius 1 is 1.25 bits per heavy atom. The van der Waals surface area contributed by atoms with Crippen LogP contribution in [0.1, 0.15) is 25.3 Å². The molecule has 0 unspecified atom stereocenters. The Kier molecular flexibility index (Phi) is 1.85. The van der Waals surface area contributed by atoms with Crippen LogP contribution in [0.25, 0.3) is 0 Å². The van der Waals surface area contributed by atoms with E-state index in [4.69, 9.17) is 23.2 Å². The molecule has 2 rings (SSSR count). The summed E-state index contributed by atoms with van der Waals surface area (Å²) in [7, 11) is 0. The second-order valence-electron chi connectivity index (χ2n) is 3.66. The van der Waals surface area contributed by atoms with E-state index in [0.717, 1.165) is 5.02 Å². The van der Waals surface area contributed by atoms with Gasteiger partial charge in [0, 0.05) is 0 Å². The maximum Gasteiger partial charge on any atom is 0.0629 e. The largest absolute Gasteiger partial charge is 0.0827 e. The van der Waals surface area contributed by atoms with Gasteiger partial charge in [0.05, 0.1) is 10.0 Å². The minimum Gasteiger partial charge on any atom is -0.0827 e. The summed E-state index contributed by atoms with van der Waals surface area (Å²) in [5.74, 6) is 0. The molecule has 0 saturated heterocycles. The fourth-order valence-electron chi connectivity index (χ4n) is 1.43. The molecular formula is C10H10Cl2. The van der Waals surface area contributed by atoms with Crippen molar-refractivity contribution in [2.24, 2.45) is 0 Å². The van der Waals surface area contributed by atoms with Gasteiger partial charge in [-0.25, -0.2) is 0 Å². The quantitative estimate of drug-likeness (QED) is 0.643. The van der Waals surface area contributed by atoms with Crippen molar-refractivity contribution < 1.29 is 0 Å². The van der Waals surface area contributed by atoms with Crippen molar-refractivity contribution in [3.8, 4) is 0 Å². The minimum atomic E-state index is 0.308. The molecule has 0 atom stereocenters. The summed E-state index contributed by atoms with van der Waals surface area (Å²) >= 11 is 12.0. The van der Waals surface area contributed by atoms with E-state index in [-0.39, 0.29) is 0 Å². The molecule has 0 amide bonds. The van der Waals surface area contributed by atoms with Crippen molar-refractivity contribution in [2.45, 2.75) is 25.2 Å². The molecule has 0 aliphatic heterocycles. The van der Waals surface area contributed by atoms with Crippen LogP contribution in [-0.4, -0.2) is 0 Å². The molecule has 1 aliphatic rings. The average molecular weight is 201 g/mol.